The summed E-state index contributed by atoms with van der Waals surface area (Å²) in [6.07, 6.45) is 0.783. The number of carbonyl (C=O) groups is 1. The fourth-order valence-electron chi connectivity index (χ4n) is 3.46. The van der Waals surface area contributed by atoms with Gasteiger partial charge in [-0.1, -0.05) is 24.3 Å². The van der Waals surface area contributed by atoms with Crippen molar-refractivity contribution >= 4 is 27.0 Å². The second kappa shape index (κ2) is 10.1. The predicted octanol–water partition coefficient (Wildman–Crippen LogP) is 3.67. The summed E-state index contributed by atoms with van der Waals surface area (Å²) in [4.78, 5) is 14.2. The largest absolute Gasteiger partial charge is 0.463 e. The van der Waals surface area contributed by atoms with Crippen LogP contribution in [-0.2, 0) is 32.1 Å². The standard InChI is InChI=1S/C23H26F3N3O4S/c1-28(2)11-12-33-22(30)15-29-20(14-21(27-29)23(24,25)26)17-9-7-16(8-10-17)18-5-4-6-19(13-18)34(3,31)32/h4-7,9,13-14H,8,10-12,15H2,1-3H3. The quantitative estimate of drug-likeness (QED) is 0.518. The van der Waals surface area contributed by atoms with Gasteiger partial charge >= 0.3 is 12.1 Å². The number of hydrogen-bond acceptors (Lipinski definition) is 6. The molecule has 0 spiro atoms. The molecule has 1 aliphatic carbocycles. The Morgan fingerprint density at radius 3 is 2.41 bits per heavy atom. The van der Waals surface area contributed by atoms with Crippen LogP contribution in [0.25, 0.3) is 11.1 Å². The van der Waals surface area contributed by atoms with Crippen LogP contribution in [0.15, 0.2) is 47.4 Å². The Balaban J connectivity index is 1.87. The van der Waals surface area contributed by atoms with Crippen molar-refractivity contribution in [2.75, 3.05) is 33.5 Å². The van der Waals surface area contributed by atoms with Crippen LogP contribution in [0.3, 0.4) is 0 Å². The number of alkyl halides is 3. The molecule has 3 rings (SSSR count). The van der Waals surface area contributed by atoms with Crippen LogP contribution in [0.1, 0.15) is 29.8 Å². The van der Waals surface area contributed by atoms with E-state index in [2.05, 4.69) is 5.10 Å². The van der Waals surface area contributed by atoms with Crippen molar-refractivity contribution in [3.8, 4) is 0 Å². The molecule has 0 N–H and O–H groups in total. The van der Waals surface area contributed by atoms with Gasteiger partial charge in [0.05, 0.1) is 10.6 Å². The number of sulfone groups is 1. The number of aromatic nitrogens is 2. The molecule has 184 valence electrons. The van der Waals surface area contributed by atoms with E-state index in [0.29, 0.717) is 25.0 Å². The zero-order valence-electron chi connectivity index (χ0n) is 19.1. The Morgan fingerprint density at radius 1 is 1.15 bits per heavy atom. The van der Waals surface area contributed by atoms with Crippen molar-refractivity contribution in [1.82, 2.24) is 14.7 Å². The number of ether oxygens (including phenoxy) is 1. The molecule has 0 atom stereocenters. The molecule has 2 aromatic rings. The van der Waals surface area contributed by atoms with E-state index in [-0.39, 0.29) is 17.2 Å². The molecule has 0 saturated heterocycles. The molecule has 0 radical (unpaired) electrons. The van der Waals surface area contributed by atoms with Gasteiger partial charge < -0.3 is 9.64 Å². The SMILES string of the molecule is CN(C)CCOC(=O)Cn1nc(C(F)(F)F)cc1C1=CC=C(c2cccc(S(C)(=O)=O)c2)CC1. The smallest absolute Gasteiger partial charge is 0.435 e. The third kappa shape index (κ3) is 6.57. The lowest BCUT2D eigenvalue weighted by Crippen LogP contribution is -2.23. The molecule has 1 aromatic carbocycles. The molecular weight excluding hydrogens is 471 g/mol. The first-order valence-corrected chi connectivity index (χ1v) is 12.4. The minimum atomic E-state index is -4.66. The van der Waals surface area contributed by atoms with Crippen LogP contribution in [0.4, 0.5) is 13.2 Å². The van der Waals surface area contributed by atoms with Gasteiger partial charge in [-0.05, 0) is 61.8 Å². The highest BCUT2D eigenvalue weighted by Crippen LogP contribution is 2.35. The first-order valence-electron chi connectivity index (χ1n) is 10.5. The summed E-state index contributed by atoms with van der Waals surface area (Å²) < 4.78 is 69.8. The maximum atomic E-state index is 13.3. The monoisotopic (exact) mass is 497 g/mol. The highest BCUT2D eigenvalue weighted by molar-refractivity contribution is 7.90. The number of benzene rings is 1. The molecule has 1 heterocycles. The van der Waals surface area contributed by atoms with Crippen LogP contribution >= 0.6 is 0 Å². The Hall–Kier alpha value is -2.92. The van der Waals surface area contributed by atoms with E-state index >= 15 is 0 Å². The fraction of sp³-hybridized carbons (Fsp3) is 0.391. The van der Waals surface area contributed by atoms with E-state index < -0.39 is 34.2 Å². The minimum Gasteiger partial charge on any atom is -0.463 e. The first-order chi connectivity index (χ1) is 15.8. The zero-order chi connectivity index (χ0) is 25.1. The van der Waals surface area contributed by atoms with Crippen LogP contribution in [0.5, 0.6) is 0 Å². The fourth-order valence-corrected chi connectivity index (χ4v) is 4.13. The first kappa shape index (κ1) is 25.7. The number of halogens is 3. The van der Waals surface area contributed by atoms with Crippen molar-refractivity contribution in [1.29, 1.82) is 0 Å². The summed E-state index contributed by atoms with van der Waals surface area (Å²) in [6, 6.07) is 7.46. The lowest BCUT2D eigenvalue weighted by atomic mass is 9.92. The summed E-state index contributed by atoms with van der Waals surface area (Å²) in [5.74, 6) is -0.676. The Morgan fingerprint density at radius 2 is 1.82 bits per heavy atom. The van der Waals surface area contributed by atoms with E-state index in [4.69, 9.17) is 4.74 Å². The molecule has 0 bridgehead atoms. The van der Waals surface area contributed by atoms with Gasteiger partial charge in [0.1, 0.15) is 13.2 Å². The average molecular weight is 498 g/mol. The second-order valence-electron chi connectivity index (χ2n) is 8.28. The molecule has 0 fully saturated rings. The summed E-state index contributed by atoms with van der Waals surface area (Å²) in [6.45, 7) is 0.170. The van der Waals surface area contributed by atoms with Gasteiger partial charge in [-0.15, -0.1) is 0 Å². The molecule has 34 heavy (non-hydrogen) atoms. The van der Waals surface area contributed by atoms with Crippen molar-refractivity contribution in [2.45, 2.75) is 30.5 Å². The Labute approximate surface area is 196 Å². The Kier molecular flexibility index (Phi) is 7.67. The van der Waals surface area contributed by atoms with Gasteiger partial charge in [0.25, 0.3) is 0 Å². The topological polar surface area (TPSA) is 81.5 Å². The van der Waals surface area contributed by atoms with Crippen LogP contribution in [-0.4, -0.2) is 62.6 Å². The predicted molar refractivity (Wildman–Crippen MR) is 121 cm³/mol. The maximum Gasteiger partial charge on any atom is 0.435 e. The van der Waals surface area contributed by atoms with Crippen LogP contribution in [0, 0.1) is 0 Å². The van der Waals surface area contributed by atoms with Gasteiger partial charge in [0, 0.05) is 12.8 Å². The maximum absolute atomic E-state index is 13.3. The molecule has 1 aliphatic rings. The summed E-state index contributed by atoms with van der Waals surface area (Å²) in [5.41, 5.74) is 1.29. The minimum absolute atomic E-state index is 0.121. The van der Waals surface area contributed by atoms with E-state index in [0.717, 1.165) is 28.1 Å². The number of carbonyl (C=O) groups excluding carboxylic acids is 1. The number of hydrogen-bond donors (Lipinski definition) is 0. The highest BCUT2D eigenvalue weighted by atomic mass is 32.2. The number of rotatable bonds is 8. The molecular formula is C23H26F3N3O4S. The van der Waals surface area contributed by atoms with Gasteiger partial charge in [-0.2, -0.15) is 18.3 Å². The van der Waals surface area contributed by atoms with Gasteiger partial charge in [0.2, 0.25) is 0 Å². The van der Waals surface area contributed by atoms with E-state index in [9.17, 15) is 26.4 Å². The summed E-state index contributed by atoms with van der Waals surface area (Å²) >= 11 is 0. The number of nitrogens with zero attached hydrogens (tertiary/aromatic N) is 3. The molecule has 0 aliphatic heterocycles. The van der Waals surface area contributed by atoms with Gasteiger partial charge in [0.15, 0.2) is 15.5 Å². The van der Waals surface area contributed by atoms with E-state index in [1.54, 1.807) is 30.4 Å². The van der Waals surface area contributed by atoms with Crippen molar-refractivity contribution in [3.05, 3.63) is 59.4 Å². The van der Waals surface area contributed by atoms with Crippen LogP contribution in [0.2, 0.25) is 0 Å². The zero-order valence-corrected chi connectivity index (χ0v) is 19.9. The van der Waals surface area contributed by atoms with Crippen LogP contribution < -0.4 is 0 Å². The van der Waals surface area contributed by atoms with E-state index in [1.807, 2.05) is 19.0 Å². The summed E-state index contributed by atoms with van der Waals surface area (Å²) in [5, 5.41) is 3.61. The molecule has 1 aromatic heterocycles. The number of esters is 1. The third-order valence-corrected chi connectivity index (χ3v) is 6.37. The second-order valence-corrected chi connectivity index (χ2v) is 10.3. The Bertz CT molecular complexity index is 1230. The van der Waals surface area contributed by atoms with Gasteiger partial charge in [-0.25, -0.2) is 8.42 Å². The molecule has 11 heteroatoms. The normalized spacial score (nSPS) is 14.7. The lowest BCUT2D eigenvalue weighted by molar-refractivity contribution is -0.146. The lowest BCUT2D eigenvalue weighted by Gasteiger charge is -2.17. The van der Waals surface area contributed by atoms with Crippen molar-refractivity contribution < 1.29 is 31.1 Å². The van der Waals surface area contributed by atoms with Crippen molar-refractivity contribution in [2.24, 2.45) is 0 Å². The average Bonchev–Trinajstić information content (AvgIpc) is 3.17. The molecule has 0 amide bonds. The van der Waals surface area contributed by atoms with Crippen molar-refractivity contribution in [3.63, 3.8) is 0 Å². The van der Waals surface area contributed by atoms with Gasteiger partial charge in [-0.3, -0.25) is 9.48 Å². The third-order valence-electron chi connectivity index (χ3n) is 5.26. The number of likely N-dealkylation sites (N-methyl/N-ethyl adjacent to an activating group) is 1. The van der Waals surface area contributed by atoms with E-state index in [1.165, 1.54) is 6.07 Å². The highest BCUT2D eigenvalue weighted by Gasteiger charge is 2.35. The summed E-state index contributed by atoms with van der Waals surface area (Å²) in [7, 11) is 0.254. The molecule has 0 unspecified atom stereocenters. The number of allylic oxidation sites excluding steroid dienone is 4. The molecule has 7 nitrogen and oxygen atoms in total. The molecule has 0 saturated carbocycles.